The van der Waals surface area contributed by atoms with E-state index in [0.717, 1.165) is 11.8 Å². The number of ether oxygens (including phenoxy) is 1. The van der Waals surface area contributed by atoms with Gasteiger partial charge in [-0.05, 0) is 24.3 Å². The van der Waals surface area contributed by atoms with Gasteiger partial charge in [0, 0.05) is 0 Å². The van der Waals surface area contributed by atoms with Gasteiger partial charge in [0.1, 0.15) is 11.6 Å². The molecule has 0 saturated carbocycles. The van der Waals surface area contributed by atoms with Crippen LogP contribution in [0.15, 0.2) is 33.9 Å². The maximum atomic E-state index is 12.7. The second kappa shape index (κ2) is 6.19. The molecule has 6 nitrogen and oxygen atoms in total. The topological polar surface area (TPSA) is 91.2 Å². The number of thioether (sulfide) groups is 1. The third kappa shape index (κ3) is 4.25. The van der Waals surface area contributed by atoms with Crippen LogP contribution in [0, 0.1) is 5.82 Å². The normalized spacial score (nSPS) is 10.4. The van der Waals surface area contributed by atoms with Crippen molar-refractivity contribution < 1.29 is 18.3 Å². The van der Waals surface area contributed by atoms with Crippen LogP contribution >= 0.6 is 11.8 Å². The smallest absolute Gasteiger partial charge is 0.277 e. The Hall–Kier alpha value is -2.09. The van der Waals surface area contributed by atoms with Gasteiger partial charge in [-0.1, -0.05) is 11.8 Å². The van der Waals surface area contributed by atoms with E-state index >= 15 is 0 Å². The Morgan fingerprint density at radius 1 is 1.37 bits per heavy atom. The highest BCUT2D eigenvalue weighted by Crippen LogP contribution is 2.17. The van der Waals surface area contributed by atoms with Crippen LogP contribution in [-0.2, 0) is 11.4 Å². The molecule has 0 radical (unpaired) electrons. The lowest BCUT2D eigenvalue weighted by Crippen LogP contribution is -2.12. The van der Waals surface area contributed by atoms with Crippen molar-refractivity contribution in [3.8, 4) is 5.75 Å². The molecular weight excluding hydrogens is 273 g/mol. The molecule has 0 atom stereocenters. The first-order valence-corrected chi connectivity index (χ1v) is 6.24. The van der Waals surface area contributed by atoms with Crippen molar-refractivity contribution in [1.29, 1.82) is 0 Å². The highest BCUT2D eigenvalue weighted by molar-refractivity contribution is 7.99. The summed E-state index contributed by atoms with van der Waals surface area (Å²) in [7, 11) is 0. The van der Waals surface area contributed by atoms with Crippen molar-refractivity contribution in [3.05, 3.63) is 36.0 Å². The molecule has 1 amide bonds. The van der Waals surface area contributed by atoms with Crippen LogP contribution in [0.2, 0.25) is 0 Å². The Labute approximate surface area is 112 Å². The van der Waals surface area contributed by atoms with Crippen LogP contribution in [0.25, 0.3) is 0 Å². The molecule has 0 aliphatic rings. The van der Waals surface area contributed by atoms with Crippen molar-refractivity contribution in [2.75, 3.05) is 5.75 Å². The van der Waals surface area contributed by atoms with Crippen LogP contribution in [0.3, 0.4) is 0 Å². The highest BCUT2D eigenvalue weighted by atomic mass is 32.2. The fraction of sp³-hybridized carbons (Fsp3) is 0.182. The fourth-order valence-corrected chi connectivity index (χ4v) is 1.68. The molecule has 1 aromatic carbocycles. The Bertz CT molecular complexity index is 559. The van der Waals surface area contributed by atoms with Crippen molar-refractivity contribution in [3.63, 3.8) is 0 Å². The average Bonchev–Trinajstić information content (AvgIpc) is 2.84. The number of carbonyl (C=O) groups excluding carboxylic acids is 1. The molecule has 0 aliphatic carbocycles. The van der Waals surface area contributed by atoms with E-state index < -0.39 is 5.91 Å². The SMILES string of the molecule is NC(=O)CSc1nnc(COc2ccc(F)cc2)o1. The van der Waals surface area contributed by atoms with Crippen LogP contribution in [0.5, 0.6) is 5.75 Å². The Morgan fingerprint density at radius 3 is 2.79 bits per heavy atom. The van der Waals surface area contributed by atoms with Crippen molar-refractivity contribution >= 4 is 17.7 Å². The van der Waals surface area contributed by atoms with Gasteiger partial charge in [0.15, 0.2) is 6.61 Å². The summed E-state index contributed by atoms with van der Waals surface area (Å²) < 4.78 is 23.2. The third-order valence-electron chi connectivity index (χ3n) is 1.96. The van der Waals surface area contributed by atoms with E-state index in [0.29, 0.717) is 5.75 Å². The lowest BCUT2D eigenvalue weighted by atomic mass is 10.3. The minimum absolute atomic E-state index is 0.0652. The molecule has 1 heterocycles. The molecule has 19 heavy (non-hydrogen) atoms. The quantitative estimate of drug-likeness (QED) is 0.805. The minimum atomic E-state index is -0.465. The van der Waals surface area contributed by atoms with Gasteiger partial charge in [0.25, 0.3) is 11.1 Å². The van der Waals surface area contributed by atoms with Crippen LogP contribution in [0.1, 0.15) is 5.89 Å². The molecule has 2 rings (SSSR count). The number of hydrogen-bond donors (Lipinski definition) is 1. The predicted molar refractivity (Wildman–Crippen MR) is 64.9 cm³/mol. The monoisotopic (exact) mass is 283 g/mol. The van der Waals surface area contributed by atoms with Crippen molar-refractivity contribution in [2.45, 2.75) is 11.8 Å². The molecule has 1 aromatic heterocycles. The van der Waals surface area contributed by atoms with E-state index in [1.807, 2.05) is 0 Å². The predicted octanol–water partition coefficient (Wildman–Crippen LogP) is 1.37. The first kappa shape index (κ1) is 13.3. The number of primary amides is 1. The standard InChI is InChI=1S/C11H10FN3O3S/c12-7-1-3-8(4-2-7)17-5-10-14-15-11(18-10)19-6-9(13)16/h1-4H,5-6H2,(H2,13,16). The highest BCUT2D eigenvalue weighted by Gasteiger charge is 2.08. The zero-order valence-electron chi connectivity index (χ0n) is 9.71. The molecular formula is C11H10FN3O3S. The first-order valence-electron chi connectivity index (χ1n) is 5.25. The Morgan fingerprint density at radius 2 is 2.11 bits per heavy atom. The van der Waals surface area contributed by atoms with Crippen molar-refractivity contribution in [1.82, 2.24) is 10.2 Å². The van der Waals surface area contributed by atoms with Gasteiger partial charge in [-0.2, -0.15) is 0 Å². The largest absolute Gasteiger partial charge is 0.484 e. The number of nitrogens with two attached hydrogens (primary N) is 1. The van der Waals surface area contributed by atoms with E-state index in [2.05, 4.69) is 10.2 Å². The first-order chi connectivity index (χ1) is 9.13. The third-order valence-corrected chi connectivity index (χ3v) is 2.80. The Kier molecular flexibility index (Phi) is 4.35. The maximum Gasteiger partial charge on any atom is 0.277 e. The minimum Gasteiger partial charge on any atom is -0.484 e. The summed E-state index contributed by atoms with van der Waals surface area (Å²) in [4.78, 5) is 10.6. The van der Waals surface area contributed by atoms with Gasteiger partial charge >= 0.3 is 0 Å². The van der Waals surface area contributed by atoms with Gasteiger partial charge in [-0.15, -0.1) is 10.2 Å². The number of hydrogen-bond acceptors (Lipinski definition) is 6. The molecule has 0 bridgehead atoms. The summed E-state index contributed by atoms with van der Waals surface area (Å²) in [5, 5.41) is 7.70. The van der Waals surface area contributed by atoms with Gasteiger partial charge in [-0.3, -0.25) is 4.79 Å². The summed E-state index contributed by atoms with van der Waals surface area (Å²) in [6, 6.07) is 5.57. The molecule has 0 aliphatic heterocycles. The second-order valence-corrected chi connectivity index (χ2v) is 4.39. The zero-order valence-corrected chi connectivity index (χ0v) is 10.5. The molecule has 2 aromatic rings. The molecule has 0 fully saturated rings. The molecule has 8 heteroatoms. The summed E-state index contributed by atoms with van der Waals surface area (Å²) in [5.41, 5.74) is 4.99. The molecule has 100 valence electrons. The lowest BCUT2D eigenvalue weighted by molar-refractivity contribution is -0.115. The summed E-state index contributed by atoms with van der Waals surface area (Å²) in [6.07, 6.45) is 0. The van der Waals surface area contributed by atoms with Gasteiger partial charge < -0.3 is 14.9 Å². The average molecular weight is 283 g/mol. The molecule has 2 N–H and O–H groups in total. The summed E-state index contributed by atoms with van der Waals surface area (Å²) in [5.74, 6) is 0.0188. The number of benzene rings is 1. The van der Waals surface area contributed by atoms with Crippen molar-refractivity contribution in [2.24, 2.45) is 5.73 Å². The lowest BCUT2D eigenvalue weighted by Gasteiger charge is -2.01. The fourth-order valence-electron chi connectivity index (χ4n) is 1.16. The number of rotatable bonds is 6. The van der Waals surface area contributed by atoms with Crippen LogP contribution in [-0.4, -0.2) is 21.9 Å². The maximum absolute atomic E-state index is 12.7. The van der Waals surface area contributed by atoms with E-state index in [9.17, 15) is 9.18 Å². The molecule has 0 saturated heterocycles. The number of carbonyl (C=O) groups is 1. The summed E-state index contributed by atoms with van der Waals surface area (Å²) in [6.45, 7) is 0.0652. The zero-order chi connectivity index (χ0) is 13.7. The van der Waals surface area contributed by atoms with E-state index in [-0.39, 0.29) is 29.3 Å². The van der Waals surface area contributed by atoms with Crippen LogP contribution < -0.4 is 10.5 Å². The van der Waals surface area contributed by atoms with E-state index in [1.165, 1.54) is 24.3 Å². The number of amides is 1. The number of nitrogens with zero attached hydrogens (tertiary/aromatic N) is 2. The molecule has 0 spiro atoms. The molecule has 0 unspecified atom stereocenters. The number of aromatic nitrogens is 2. The summed E-state index contributed by atoms with van der Waals surface area (Å²) >= 11 is 1.05. The van der Waals surface area contributed by atoms with E-state index in [1.54, 1.807) is 0 Å². The van der Waals surface area contributed by atoms with Gasteiger partial charge in [0.2, 0.25) is 5.91 Å². The van der Waals surface area contributed by atoms with Gasteiger partial charge in [-0.25, -0.2) is 4.39 Å². The second-order valence-electron chi connectivity index (χ2n) is 3.46. The van der Waals surface area contributed by atoms with Gasteiger partial charge in [0.05, 0.1) is 5.75 Å². The Balaban J connectivity index is 1.86. The van der Waals surface area contributed by atoms with Crippen LogP contribution in [0.4, 0.5) is 4.39 Å². The van der Waals surface area contributed by atoms with E-state index in [4.69, 9.17) is 14.9 Å². The number of halogens is 1.